The van der Waals surface area contributed by atoms with E-state index in [0.29, 0.717) is 16.3 Å². The number of fused-ring (bicyclic) bond motifs is 2. The lowest BCUT2D eigenvalue weighted by Gasteiger charge is -2.47. The average Bonchev–Trinajstić information content (AvgIpc) is 2.83. The lowest BCUT2D eigenvalue weighted by molar-refractivity contribution is 0.0361. The maximum Gasteiger partial charge on any atom is 0.270 e. The molecule has 6 heteroatoms. The van der Waals surface area contributed by atoms with Gasteiger partial charge in [0.05, 0.1) is 11.2 Å². The number of carbonyl (C=O) groups is 1. The Morgan fingerprint density at radius 3 is 3.10 bits per heavy atom. The molecule has 2 atom stereocenters. The minimum atomic E-state index is -0.141. The molecule has 0 aromatic carbocycles. The molecule has 2 fully saturated rings. The van der Waals surface area contributed by atoms with Crippen LogP contribution in [0.1, 0.15) is 29.8 Å². The first-order chi connectivity index (χ1) is 10.2. The minimum Gasteiger partial charge on any atom is -0.461 e. The molecular weight excluding hydrogens is 290 g/mol. The zero-order valence-corrected chi connectivity index (χ0v) is 12.3. The number of hydrogen-bond acceptors (Lipinski definition) is 4. The van der Waals surface area contributed by atoms with E-state index in [0.717, 1.165) is 30.9 Å². The van der Waals surface area contributed by atoms with Crippen molar-refractivity contribution in [3.05, 3.63) is 29.2 Å². The smallest absolute Gasteiger partial charge is 0.270 e. The normalized spacial score (nSPS) is 25.4. The number of nitrogens with one attached hydrogen (secondary N) is 1. The topological polar surface area (TPSA) is 58.4 Å². The molecule has 0 spiro atoms. The molecule has 4 heterocycles. The van der Waals surface area contributed by atoms with Crippen LogP contribution < -0.4 is 5.32 Å². The second-order valence-corrected chi connectivity index (χ2v) is 6.24. The van der Waals surface area contributed by atoms with Gasteiger partial charge in [0.2, 0.25) is 0 Å². The summed E-state index contributed by atoms with van der Waals surface area (Å²) in [5.41, 5.74) is 0.981. The Morgan fingerprint density at radius 1 is 1.43 bits per heavy atom. The quantitative estimate of drug-likeness (QED) is 0.926. The number of piperidine rings is 1. The van der Waals surface area contributed by atoms with Crippen LogP contribution in [0.3, 0.4) is 0 Å². The third-order valence-corrected chi connectivity index (χ3v) is 4.84. The fourth-order valence-corrected chi connectivity index (χ4v) is 3.43. The highest BCUT2D eigenvalue weighted by atomic mass is 35.5. The second kappa shape index (κ2) is 5.00. The van der Waals surface area contributed by atoms with Crippen molar-refractivity contribution in [2.45, 2.75) is 31.3 Å². The van der Waals surface area contributed by atoms with Crippen LogP contribution in [-0.4, -0.2) is 41.0 Å². The Kier molecular flexibility index (Phi) is 3.12. The highest BCUT2D eigenvalue weighted by molar-refractivity contribution is 6.35. The van der Waals surface area contributed by atoms with Gasteiger partial charge in [0, 0.05) is 24.0 Å². The molecule has 4 rings (SSSR count). The number of rotatable bonds is 2. The van der Waals surface area contributed by atoms with Crippen molar-refractivity contribution in [2.24, 2.45) is 0 Å². The molecule has 21 heavy (non-hydrogen) atoms. The van der Waals surface area contributed by atoms with Crippen molar-refractivity contribution in [1.29, 1.82) is 0 Å². The summed E-state index contributed by atoms with van der Waals surface area (Å²) < 4.78 is 5.23. The number of hydrogen-bond donors (Lipinski definition) is 1. The first-order valence-electron chi connectivity index (χ1n) is 7.28. The highest BCUT2D eigenvalue weighted by Gasteiger charge is 2.34. The van der Waals surface area contributed by atoms with Gasteiger partial charge in [-0.3, -0.25) is 9.69 Å². The van der Waals surface area contributed by atoms with Gasteiger partial charge in [-0.25, -0.2) is 4.98 Å². The second-order valence-electron chi connectivity index (χ2n) is 5.83. The molecule has 2 aromatic heterocycles. The standard InChI is InChI=1S/C15H16ClN3O2/c16-12-8-21-14-6-17-13(5-11(12)14)15(20)18-9-1-2-10-3-4-19(10)7-9/h5-6,8-10H,1-4,7H2,(H,18,20). The third kappa shape index (κ3) is 2.30. The van der Waals surface area contributed by atoms with Crippen molar-refractivity contribution in [1.82, 2.24) is 15.2 Å². The fourth-order valence-electron chi connectivity index (χ4n) is 3.23. The van der Waals surface area contributed by atoms with Crippen LogP contribution in [-0.2, 0) is 0 Å². The van der Waals surface area contributed by atoms with E-state index in [4.69, 9.17) is 16.0 Å². The van der Waals surface area contributed by atoms with E-state index < -0.39 is 0 Å². The predicted molar refractivity (Wildman–Crippen MR) is 79.5 cm³/mol. The van der Waals surface area contributed by atoms with Gasteiger partial charge in [-0.05, 0) is 31.9 Å². The molecule has 2 saturated heterocycles. The van der Waals surface area contributed by atoms with Crippen molar-refractivity contribution in [3.63, 3.8) is 0 Å². The Bertz CT molecular complexity index is 699. The van der Waals surface area contributed by atoms with Crippen LogP contribution in [0.25, 0.3) is 11.0 Å². The summed E-state index contributed by atoms with van der Waals surface area (Å²) in [6, 6.07) is 2.65. The van der Waals surface area contributed by atoms with Crippen LogP contribution in [0.4, 0.5) is 0 Å². The molecule has 1 N–H and O–H groups in total. The molecule has 2 aromatic rings. The number of amides is 1. The van der Waals surface area contributed by atoms with Gasteiger partial charge in [-0.1, -0.05) is 11.6 Å². The molecule has 110 valence electrons. The summed E-state index contributed by atoms with van der Waals surface area (Å²) >= 11 is 6.02. The lowest BCUT2D eigenvalue weighted by Crippen LogP contribution is -2.58. The largest absolute Gasteiger partial charge is 0.461 e. The van der Waals surface area contributed by atoms with Crippen LogP contribution in [0.5, 0.6) is 0 Å². The van der Waals surface area contributed by atoms with Crippen LogP contribution >= 0.6 is 11.6 Å². The predicted octanol–water partition coefficient (Wildman–Crippen LogP) is 2.45. The van der Waals surface area contributed by atoms with Crippen LogP contribution in [0.15, 0.2) is 22.9 Å². The Morgan fingerprint density at radius 2 is 2.33 bits per heavy atom. The molecule has 5 nitrogen and oxygen atoms in total. The van der Waals surface area contributed by atoms with E-state index in [2.05, 4.69) is 15.2 Å². The number of furan rings is 1. The molecule has 2 aliphatic heterocycles. The van der Waals surface area contributed by atoms with E-state index in [1.807, 2.05) is 0 Å². The van der Waals surface area contributed by atoms with E-state index in [9.17, 15) is 4.79 Å². The first-order valence-corrected chi connectivity index (χ1v) is 7.66. The van der Waals surface area contributed by atoms with Gasteiger partial charge >= 0.3 is 0 Å². The molecular formula is C15H16ClN3O2. The molecule has 0 aliphatic carbocycles. The number of nitrogens with zero attached hydrogens (tertiary/aromatic N) is 2. The van der Waals surface area contributed by atoms with Gasteiger partial charge in [-0.15, -0.1) is 0 Å². The fraction of sp³-hybridized carbons (Fsp3) is 0.467. The van der Waals surface area contributed by atoms with E-state index in [1.165, 1.54) is 19.1 Å². The number of halogens is 1. The lowest BCUT2D eigenvalue weighted by atomic mass is 9.89. The van der Waals surface area contributed by atoms with Gasteiger partial charge in [0.1, 0.15) is 12.0 Å². The van der Waals surface area contributed by atoms with E-state index in [-0.39, 0.29) is 11.9 Å². The summed E-state index contributed by atoms with van der Waals surface area (Å²) in [5.74, 6) is -0.141. The van der Waals surface area contributed by atoms with Gasteiger partial charge in [-0.2, -0.15) is 0 Å². The third-order valence-electron chi connectivity index (χ3n) is 4.55. The molecule has 2 unspecified atom stereocenters. The monoisotopic (exact) mass is 305 g/mol. The maximum atomic E-state index is 12.3. The summed E-state index contributed by atoms with van der Waals surface area (Å²) in [6.07, 6.45) is 6.52. The number of carbonyl (C=O) groups excluding carboxylic acids is 1. The molecule has 2 aliphatic rings. The Balaban J connectivity index is 1.49. The molecule has 1 amide bonds. The Hall–Kier alpha value is -1.59. The summed E-state index contributed by atoms with van der Waals surface area (Å²) in [4.78, 5) is 18.9. The van der Waals surface area contributed by atoms with E-state index >= 15 is 0 Å². The zero-order chi connectivity index (χ0) is 14.4. The minimum absolute atomic E-state index is 0.141. The summed E-state index contributed by atoms with van der Waals surface area (Å²) in [7, 11) is 0. The average molecular weight is 306 g/mol. The van der Waals surface area contributed by atoms with E-state index in [1.54, 1.807) is 12.3 Å². The maximum absolute atomic E-state index is 12.3. The summed E-state index contributed by atoms with van der Waals surface area (Å²) in [5, 5.41) is 4.31. The summed E-state index contributed by atoms with van der Waals surface area (Å²) in [6.45, 7) is 2.11. The van der Waals surface area contributed by atoms with Gasteiger partial charge in [0.25, 0.3) is 5.91 Å². The number of pyridine rings is 1. The molecule has 0 radical (unpaired) electrons. The van der Waals surface area contributed by atoms with Crippen LogP contribution in [0.2, 0.25) is 5.02 Å². The SMILES string of the molecule is O=C(NC1CCC2CCN2C1)c1cc2c(Cl)coc2cn1. The number of aromatic nitrogens is 1. The highest BCUT2D eigenvalue weighted by Crippen LogP contribution is 2.28. The zero-order valence-electron chi connectivity index (χ0n) is 11.5. The first kappa shape index (κ1) is 13.1. The van der Waals surface area contributed by atoms with Crippen molar-refractivity contribution in [3.8, 4) is 0 Å². The Labute approximate surface area is 127 Å². The van der Waals surface area contributed by atoms with Crippen molar-refractivity contribution < 1.29 is 9.21 Å². The van der Waals surface area contributed by atoms with Gasteiger partial charge in [0.15, 0.2) is 5.58 Å². The molecule has 0 bridgehead atoms. The molecule has 0 saturated carbocycles. The van der Waals surface area contributed by atoms with Crippen molar-refractivity contribution >= 4 is 28.5 Å². The van der Waals surface area contributed by atoms with Crippen molar-refractivity contribution in [2.75, 3.05) is 13.1 Å². The van der Waals surface area contributed by atoms with Gasteiger partial charge < -0.3 is 9.73 Å². The van der Waals surface area contributed by atoms with Crippen LogP contribution in [0, 0.1) is 0 Å².